The van der Waals surface area contributed by atoms with Gasteiger partial charge in [0.15, 0.2) is 0 Å². The van der Waals surface area contributed by atoms with E-state index >= 15 is 0 Å². The molecule has 0 saturated carbocycles. The molecule has 2 heterocycles. The number of methoxy groups -OCH3 is 1. The van der Waals surface area contributed by atoms with Crippen LogP contribution in [-0.4, -0.2) is 51.3 Å². The highest BCUT2D eigenvalue weighted by Gasteiger charge is 2.38. The fourth-order valence-electron chi connectivity index (χ4n) is 4.63. The minimum Gasteiger partial charge on any atom is -0.495 e. The van der Waals surface area contributed by atoms with Crippen molar-refractivity contribution in [2.45, 2.75) is 37.5 Å². The lowest BCUT2D eigenvalue weighted by Crippen LogP contribution is -2.44. The fraction of sp³-hybridized carbons (Fsp3) is 0.417. The third-order valence-corrected chi connectivity index (χ3v) is 8.96. The molecule has 1 atom stereocenters. The monoisotopic (exact) mass is 583 g/mol. The molecule has 2 amide bonds. The molecule has 2 aromatic rings. The molecule has 1 N–H and O–H groups in total. The van der Waals surface area contributed by atoms with Crippen molar-refractivity contribution in [3.05, 3.63) is 45.4 Å². The summed E-state index contributed by atoms with van der Waals surface area (Å²) in [5, 5.41) is 3.28. The van der Waals surface area contributed by atoms with Crippen molar-refractivity contribution < 1.29 is 22.7 Å². The first-order chi connectivity index (χ1) is 16.6. The number of hydrogen-bond acceptors (Lipinski definition) is 5. The van der Waals surface area contributed by atoms with Crippen LogP contribution in [-0.2, 0) is 26.0 Å². The van der Waals surface area contributed by atoms with Crippen molar-refractivity contribution in [1.29, 1.82) is 0 Å². The molecule has 4 rings (SSSR count). The summed E-state index contributed by atoms with van der Waals surface area (Å²) < 4.78 is 34.9. The van der Waals surface area contributed by atoms with Crippen LogP contribution in [0.3, 0.4) is 0 Å². The Bertz CT molecular complexity index is 1270. The van der Waals surface area contributed by atoms with Crippen LogP contribution >= 0.6 is 27.5 Å². The molecule has 188 valence electrons. The Labute approximate surface area is 218 Å². The van der Waals surface area contributed by atoms with E-state index in [1.54, 1.807) is 36.1 Å². The summed E-state index contributed by atoms with van der Waals surface area (Å²) in [6.45, 7) is 2.55. The molecule has 8 nitrogen and oxygen atoms in total. The van der Waals surface area contributed by atoms with Crippen molar-refractivity contribution >= 4 is 60.7 Å². The number of nitrogens with one attached hydrogen (secondary N) is 1. The highest BCUT2D eigenvalue weighted by atomic mass is 79.9. The SMILES string of the molecule is CCC(=O)N1CCc2cc(Br)cc(S(=O)(=O)N3CCC[C@H](C(=O)Nc4cc(Cl)ccc4OC)C3)c21. The smallest absolute Gasteiger partial charge is 0.245 e. The first kappa shape index (κ1) is 25.9. The number of sulfonamides is 1. The zero-order chi connectivity index (χ0) is 25.3. The molecule has 1 fully saturated rings. The largest absolute Gasteiger partial charge is 0.495 e. The van der Waals surface area contributed by atoms with Crippen molar-refractivity contribution in [2.24, 2.45) is 5.92 Å². The van der Waals surface area contributed by atoms with Gasteiger partial charge in [-0.3, -0.25) is 9.59 Å². The van der Waals surface area contributed by atoms with Gasteiger partial charge in [0, 0.05) is 35.6 Å². The van der Waals surface area contributed by atoms with Gasteiger partial charge in [-0.2, -0.15) is 4.31 Å². The van der Waals surface area contributed by atoms with Gasteiger partial charge in [0.05, 0.1) is 24.4 Å². The zero-order valence-electron chi connectivity index (χ0n) is 19.5. The molecule has 0 aliphatic carbocycles. The van der Waals surface area contributed by atoms with Crippen LogP contribution in [0, 0.1) is 5.92 Å². The minimum atomic E-state index is -3.96. The van der Waals surface area contributed by atoms with Crippen LogP contribution in [0.4, 0.5) is 11.4 Å². The average molecular weight is 585 g/mol. The van der Waals surface area contributed by atoms with Crippen LogP contribution in [0.2, 0.25) is 5.02 Å². The molecule has 2 aliphatic heterocycles. The lowest BCUT2D eigenvalue weighted by atomic mass is 9.98. The number of benzene rings is 2. The number of halogens is 2. The van der Waals surface area contributed by atoms with Gasteiger partial charge < -0.3 is 15.0 Å². The van der Waals surface area contributed by atoms with Gasteiger partial charge in [-0.1, -0.05) is 34.5 Å². The Hall–Kier alpha value is -2.14. The van der Waals surface area contributed by atoms with E-state index in [4.69, 9.17) is 16.3 Å². The van der Waals surface area contributed by atoms with E-state index in [0.29, 0.717) is 59.0 Å². The summed E-state index contributed by atoms with van der Waals surface area (Å²) in [4.78, 5) is 27.3. The van der Waals surface area contributed by atoms with Gasteiger partial charge in [-0.15, -0.1) is 0 Å². The molecule has 0 unspecified atom stereocenters. The quantitative estimate of drug-likeness (QED) is 0.541. The second-order valence-corrected chi connectivity index (χ2v) is 11.9. The van der Waals surface area contributed by atoms with Crippen LogP contribution in [0.5, 0.6) is 5.75 Å². The van der Waals surface area contributed by atoms with Crippen molar-refractivity contribution in [2.75, 3.05) is 37.0 Å². The van der Waals surface area contributed by atoms with Crippen LogP contribution < -0.4 is 15.0 Å². The number of carbonyl (C=O) groups excluding carboxylic acids is 2. The highest BCUT2D eigenvalue weighted by Crippen LogP contribution is 2.40. The third-order valence-electron chi connectivity index (χ3n) is 6.39. The van der Waals surface area contributed by atoms with E-state index < -0.39 is 15.9 Å². The van der Waals surface area contributed by atoms with Gasteiger partial charge in [0.2, 0.25) is 21.8 Å². The van der Waals surface area contributed by atoms with E-state index in [-0.39, 0.29) is 29.7 Å². The van der Waals surface area contributed by atoms with E-state index in [1.165, 1.54) is 11.4 Å². The maximum Gasteiger partial charge on any atom is 0.245 e. The van der Waals surface area contributed by atoms with Gasteiger partial charge in [0.1, 0.15) is 10.6 Å². The van der Waals surface area contributed by atoms with Crippen molar-refractivity contribution in [1.82, 2.24) is 4.31 Å². The van der Waals surface area contributed by atoms with E-state index in [1.807, 2.05) is 6.07 Å². The molecule has 11 heteroatoms. The number of ether oxygens (including phenoxy) is 1. The second kappa shape index (κ2) is 10.5. The zero-order valence-corrected chi connectivity index (χ0v) is 22.7. The van der Waals surface area contributed by atoms with Crippen molar-refractivity contribution in [3.8, 4) is 5.75 Å². The number of rotatable bonds is 6. The maximum atomic E-state index is 13.8. The van der Waals surface area contributed by atoms with E-state index in [0.717, 1.165) is 5.56 Å². The number of amides is 2. The molecule has 0 radical (unpaired) electrons. The fourth-order valence-corrected chi connectivity index (χ4v) is 7.25. The Balaban J connectivity index is 1.60. The molecule has 35 heavy (non-hydrogen) atoms. The minimum absolute atomic E-state index is 0.0417. The Morgan fingerprint density at radius 1 is 1.23 bits per heavy atom. The third kappa shape index (κ3) is 5.21. The standard InChI is InChI=1S/C24H27BrClN3O5S/c1-3-22(30)29-10-8-15-11-17(25)12-21(23(15)29)35(32,33)28-9-4-5-16(14-28)24(31)27-19-13-18(26)6-7-20(19)34-2/h6-7,11-13,16H,3-5,8-10,14H2,1-2H3,(H,27,31)/t16-/m0/s1. The predicted molar refractivity (Wildman–Crippen MR) is 139 cm³/mol. The number of fused-ring (bicyclic) bond motifs is 1. The number of hydrogen-bond donors (Lipinski definition) is 1. The molecule has 0 bridgehead atoms. The van der Waals surface area contributed by atoms with E-state index in [9.17, 15) is 18.0 Å². The van der Waals surface area contributed by atoms with Crippen LogP contribution in [0.25, 0.3) is 0 Å². The topological polar surface area (TPSA) is 96.0 Å². The Morgan fingerprint density at radius 3 is 2.71 bits per heavy atom. The summed E-state index contributed by atoms with van der Waals surface area (Å²) in [6.07, 6.45) is 1.97. The molecular formula is C24H27BrClN3O5S. The average Bonchev–Trinajstić information content (AvgIpc) is 3.26. The first-order valence-corrected chi connectivity index (χ1v) is 14.0. The number of nitrogens with zero attached hydrogens (tertiary/aromatic N) is 2. The summed E-state index contributed by atoms with van der Waals surface area (Å²) in [7, 11) is -2.46. The van der Waals surface area contributed by atoms with Gasteiger partial charge in [-0.25, -0.2) is 8.42 Å². The first-order valence-electron chi connectivity index (χ1n) is 11.4. The summed E-state index contributed by atoms with van der Waals surface area (Å²) >= 11 is 9.50. The van der Waals surface area contributed by atoms with Crippen molar-refractivity contribution in [3.63, 3.8) is 0 Å². The second-order valence-electron chi connectivity index (χ2n) is 8.60. The Morgan fingerprint density at radius 2 is 2.00 bits per heavy atom. The van der Waals surface area contributed by atoms with E-state index in [2.05, 4.69) is 21.2 Å². The predicted octanol–water partition coefficient (Wildman–Crippen LogP) is 4.45. The lowest BCUT2D eigenvalue weighted by molar-refractivity contribution is -0.121. The normalized spacial score (nSPS) is 18.3. The van der Waals surface area contributed by atoms with Gasteiger partial charge in [-0.05, 0) is 55.2 Å². The summed E-state index contributed by atoms with van der Waals surface area (Å²) in [6, 6.07) is 8.33. The lowest BCUT2D eigenvalue weighted by Gasteiger charge is -2.32. The number of piperidine rings is 1. The Kier molecular flexibility index (Phi) is 7.75. The molecule has 0 aromatic heterocycles. The number of anilines is 2. The van der Waals surface area contributed by atoms with Gasteiger partial charge >= 0.3 is 0 Å². The molecule has 2 aliphatic rings. The summed E-state index contributed by atoms with van der Waals surface area (Å²) in [5.41, 5.74) is 1.71. The maximum absolute atomic E-state index is 13.8. The molecular weight excluding hydrogens is 558 g/mol. The summed E-state index contributed by atoms with van der Waals surface area (Å²) in [5.74, 6) is -0.495. The number of carbonyl (C=O) groups is 2. The molecule has 0 spiro atoms. The van der Waals surface area contributed by atoms with Gasteiger partial charge in [0.25, 0.3) is 0 Å². The highest BCUT2D eigenvalue weighted by molar-refractivity contribution is 9.10. The van der Waals surface area contributed by atoms with Crippen LogP contribution in [0.15, 0.2) is 39.7 Å². The van der Waals surface area contributed by atoms with Crippen LogP contribution in [0.1, 0.15) is 31.7 Å². The molecule has 2 aromatic carbocycles. The molecule has 1 saturated heterocycles.